The molecule has 0 radical (unpaired) electrons. The Balaban J connectivity index is 1.78. The maximum absolute atomic E-state index is 12.5. The van der Waals surface area contributed by atoms with Crippen LogP contribution in [0.15, 0.2) is 60.6 Å². The lowest BCUT2D eigenvalue weighted by Crippen LogP contribution is -2.32. The molecule has 1 N–H and O–H groups in total. The van der Waals surface area contributed by atoms with Crippen molar-refractivity contribution in [3.05, 3.63) is 77.3 Å². The highest BCUT2D eigenvalue weighted by atomic mass is 16.5. The number of aromatic nitrogens is 1. The van der Waals surface area contributed by atoms with Crippen LogP contribution in [0.5, 0.6) is 0 Å². The number of aryl methyl sites for hydroxylation is 1. The fraction of sp³-hybridized carbons (Fsp3) is 0.300. The highest BCUT2D eigenvalue weighted by Crippen LogP contribution is 2.20. The third kappa shape index (κ3) is 4.22. The van der Waals surface area contributed by atoms with Crippen molar-refractivity contribution in [2.75, 3.05) is 6.61 Å². The number of carbonyl (C=O) groups excluding carboxylic acids is 1. The molecule has 2 aromatic rings. The van der Waals surface area contributed by atoms with Gasteiger partial charge in [0.05, 0.1) is 12.6 Å². The summed E-state index contributed by atoms with van der Waals surface area (Å²) < 4.78 is 5.48. The van der Waals surface area contributed by atoms with E-state index in [1.165, 1.54) is 11.1 Å². The van der Waals surface area contributed by atoms with Gasteiger partial charge in [0.1, 0.15) is 0 Å². The Morgan fingerprint density at radius 3 is 2.79 bits per heavy atom. The number of nitrogens with one attached hydrogen (secondary N) is 1. The molecule has 1 atom stereocenters. The van der Waals surface area contributed by atoms with E-state index in [0.717, 1.165) is 18.4 Å². The van der Waals surface area contributed by atoms with Gasteiger partial charge in [-0.1, -0.05) is 35.9 Å². The fourth-order valence-electron chi connectivity index (χ4n) is 2.74. The normalized spacial score (nSPS) is 15.1. The molecule has 0 fully saturated rings. The summed E-state index contributed by atoms with van der Waals surface area (Å²) in [5.41, 5.74) is 3.39. The minimum absolute atomic E-state index is 0.139. The lowest BCUT2D eigenvalue weighted by molar-refractivity contribution is -0.122. The topological polar surface area (TPSA) is 51.2 Å². The smallest absolute Gasteiger partial charge is 0.286 e. The van der Waals surface area contributed by atoms with Crippen molar-refractivity contribution in [2.24, 2.45) is 0 Å². The van der Waals surface area contributed by atoms with Crippen LogP contribution in [-0.4, -0.2) is 17.5 Å². The van der Waals surface area contributed by atoms with Gasteiger partial charge >= 0.3 is 0 Å². The monoisotopic (exact) mass is 322 g/mol. The number of allylic oxidation sites excluding steroid dienone is 1. The Morgan fingerprint density at radius 2 is 2.12 bits per heavy atom. The van der Waals surface area contributed by atoms with E-state index in [1.807, 2.05) is 18.2 Å². The quantitative estimate of drug-likeness (QED) is 0.917. The van der Waals surface area contributed by atoms with Crippen LogP contribution in [-0.2, 0) is 16.0 Å². The fourth-order valence-corrected chi connectivity index (χ4v) is 2.74. The van der Waals surface area contributed by atoms with Crippen molar-refractivity contribution < 1.29 is 9.53 Å². The van der Waals surface area contributed by atoms with Gasteiger partial charge in [-0.2, -0.15) is 0 Å². The molecule has 0 aliphatic carbocycles. The molecule has 1 aromatic heterocycles. The standard InChI is InChI=1S/C20H22N2O2/c1-15-7-9-16(10-8-15)13-18(17-5-4-11-21-14-17)22-20(23)19-6-2-3-12-24-19/h4-11,14,18H,2-3,12-13H2,1H3,(H,22,23). The molecule has 0 bridgehead atoms. The molecule has 1 aliphatic rings. The molecular formula is C20H22N2O2. The van der Waals surface area contributed by atoms with E-state index in [1.54, 1.807) is 12.4 Å². The van der Waals surface area contributed by atoms with Gasteiger partial charge in [0.15, 0.2) is 5.76 Å². The lowest BCUT2D eigenvalue weighted by atomic mass is 9.99. The third-order valence-corrected chi connectivity index (χ3v) is 4.11. The average Bonchev–Trinajstić information content (AvgIpc) is 2.64. The van der Waals surface area contributed by atoms with Gasteiger partial charge in [-0.05, 0) is 49.5 Å². The molecule has 1 aromatic carbocycles. The Labute approximate surface area is 142 Å². The summed E-state index contributed by atoms with van der Waals surface area (Å²) in [6.45, 7) is 2.67. The first-order valence-corrected chi connectivity index (χ1v) is 8.31. The summed E-state index contributed by atoms with van der Waals surface area (Å²) >= 11 is 0. The first kappa shape index (κ1) is 16.2. The highest BCUT2D eigenvalue weighted by molar-refractivity contribution is 5.91. The van der Waals surface area contributed by atoms with Gasteiger partial charge in [-0.15, -0.1) is 0 Å². The zero-order valence-corrected chi connectivity index (χ0v) is 13.9. The summed E-state index contributed by atoms with van der Waals surface area (Å²) in [5, 5.41) is 3.09. The molecular weight excluding hydrogens is 300 g/mol. The second kappa shape index (κ2) is 7.77. The number of nitrogens with zero attached hydrogens (tertiary/aromatic N) is 1. The number of hydrogen-bond donors (Lipinski definition) is 1. The van der Waals surface area contributed by atoms with Crippen LogP contribution in [0.2, 0.25) is 0 Å². The summed E-state index contributed by atoms with van der Waals surface area (Å²) in [5.74, 6) is 0.273. The van der Waals surface area contributed by atoms with Gasteiger partial charge in [0.2, 0.25) is 0 Å². The summed E-state index contributed by atoms with van der Waals surface area (Å²) in [6, 6.07) is 12.1. The van der Waals surface area contributed by atoms with Crippen molar-refractivity contribution in [2.45, 2.75) is 32.2 Å². The van der Waals surface area contributed by atoms with Crippen LogP contribution < -0.4 is 5.32 Å². The maximum Gasteiger partial charge on any atom is 0.286 e. The SMILES string of the molecule is Cc1ccc(CC(NC(=O)C2=CCCCO2)c2cccnc2)cc1. The number of hydrogen-bond acceptors (Lipinski definition) is 3. The van der Waals surface area contributed by atoms with Crippen molar-refractivity contribution in [3.8, 4) is 0 Å². The van der Waals surface area contributed by atoms with Crippen molar-refractivity contribution >= 4 is 5.91 Å². The van der Waals surface area contributed by atoms with Crippen LogP contribution in [0.3, 0.4) is 0 Å². The van der Waals surface area contributed by atoms with Crippen LogP contribution >= 0.6 is 0 Å². The Bertz CT molecular complexity index is 708. The highest BCUT2D eigenvalue weighted by Gasteiger charge is 2.20. The minimum Gasteiger partial charge on any atom is -0.488 e. The number of pyridine rings is 1. The maximum atomic E-state index is 12.5. The molecule has 1 aliphatic heterocycles. The molecule has 0 saturated carbocycles. The molecule has 4 heteroatoms. The van der Waals surface area contributed by atoms with E-state index in [4.69, 9.17) is 4.74 Å². The summed E-state index contributed by atoms with van der Waals surface area (Å²) in [6.07, 6.45) is 7.97. The summed E-state index contributed by atoms with van der Waals surface area (Å²) in [7, 11) is 0. The summed E-state index contributed by atoms with van der Waals surface area (Å²) in [4.78, 5) is 16.7. The first-order valence-electron chi connectivity index (χ1n) is 8.31. The van der Waals surface area contributed by atoms with Crippen LogP contribution in [0.1, 0.15) is 35.6 Å². The van der Waals surface area contributed by atoms with E-state index < -0.39 is 0 Å². The van der Waals surface area contributed by atoms with Gasteiger partial charge in [-0.25, -0.2) is 0 Å². The third-order valence-electron chi connectivity index (χ3n) is 4.11. The van der Waals surface area contributed by atoms with Crippen LogP contribution in [0.4, 0.5) is 0 Å². The van der Waals surface area contributed by atoms with Crippen molar-refractivity contribution in [1.82, 2.24) is 10.3 Å². The van der Waals surface area contributed by atoms with Crippen LogP contribution in [0.25, 0.3) is 0 Å². The lowest BCUT2D eigenvalue weighted by Gasteiger charge is -2.21. The van der Waals surface area contributed by atoms with E-state index in [-0.39, 0.29) is 11.9 Å². The predicted octanol–water partition coefficient (Wildman–Crippen LogP) is 3.48. The van der Waals surface area contributed by atoms with Crippen molar-refractivity contribution in [3.63, 3.8) is 0 Å². The Kier molecular flexibility index (Phi) is 5.26. The number of carbonyl (C=O) groups is 1. The van der Waals surface area contributed by atoms with E-state index in [2.05, 4.69) is 41.5 Å². The number of benzene rings is 1. The molecule has 1 unspecified atom stereocenters. The van der Waals surface area contributed by atoms with E-state index in [0.29, 0.717) is 18.8 Å². The number of ether oxygens (including phenoxy) is 1. The van der Waals surface area contributed by atoms with Gasteiger partial charge in [0.25, 0.3) is 5.91 Å². The van der Waals surface area contributed by atoms with Crippen molar-refractivity contribution in [1.29, 1.82) is 0 Å². The molecule has 24 heavy (non-hydrogen) atoms. The second-order valence-corrected chi connectivity index (χ2v) is 6.06. The molecule has 0 spiro atoms. The van der Waals surface area contributed by atoms with E-state index in [9.17, 15) is 4.79 Å². The van der Waals surface area contributed by atoms with Crippen LogP contribution in [0, 0.1) is 6.92 Å². The first-order chi connectivity index (χ1) is 11.7. The average molecular weight is 322 g/mol. The zero-order valence-electron chi connectivity index (χ0n) is 13.9. The minimum atomic E-state index is -0.157. The molecule has 3 rings (SSSR count). The molecule has 0 saturated heterocycles. The van der Waals surface area contributed by atoms with Gasteiger partial charge in [0, 0.05) is 12.4 Å². The largest absolute Gasteiger partial charge is 0.488 e. The number of rotatable bonds is 5. The van der Waals surface area contributed by atoms with Gasteiger partial charge in [-0.3, -0.25) is 9.78 Å². The molecule has 4 nitrogen and oxygen atoms in total. The molecule has 2 heterocycles. The Hall–Kier alpha value is -2.62. The Morgan fingerprint density at radius 1 is 1.29 bits per heavy atom. The van der Waals surface area contributed by atoms with Gasteiger partial charge < -0.3 is 10.1 Å². The predicted molar refractivity (Wildman–Crippen MR) is 93.3 cm³/mol. The second-order valence-electron chi connectivity index (χ2n) is 6.06. The van der Waals surface area contributed by atoms with E-state index >= 15 is 0 Å². The number of amides is 1. The molecule has 124 valence electrons. The molecule has 1 amide bonds. The zero-order chi connectivity index (χ0) is 16.8.